The molecule has 2 heterocycles. The highest BCUT2D eigenvalue weighted by atomic mass is 19.4. The lowest BCUT2D eigenvalue weighted by atomic mass is 10.1. The van der Waals surface area contributed by atoms with E-state index in [1.54, 1.807) is 4.68 Å². The van der Waals surface area contributed by atoms with E-state index in [1.807, 2.05) is 0 Å². The highest BCUT2D eigenvalue weighted by Gasteiger charge is 2.31. The Labute approximate surface area is 117 Å². The van der Waals surface area contributed by atoms with Crippen LogP contribution >= 0.6 is 0 Å². The van der Waals surface area contributed by atoms with Crippen molar-refractivity contribution in [3.05, 3.63) is 47.3 Å². The van der Waals surface area contributed by atoms with Crippen LogP contribution in [0.2, 0.25) is 0 Å². The predicted octanol–water partition coefficient (Wildman–Crippen LogP) is 1.67. The maximum Gasteiger partial charge on any atom is 0.416 e. The Balaban J connectivity index is 1.86. The van der Waals surface area contributed by atoms with Crippen molar-refractivity contribution in [3.8, 4) is 0 Å². The van der Waals surface area contributed by atoms with Gasteiger partial charge in [-0.3, -0.25) is 4.79 Å². The van der Waals surface area contributed by atoms with Crippen LogP contribution in [0.15, 0.2) is 30.5 Å². The maximum atomic E-state index is 12.6. The van der Waals surface area contributed by atoms with E-state index in [0.717, 1.165) is 25.2 Å². The molecule has 1 fully saturated rings. The first kappa shape index (κ1) is 13.7. The molecule has 1 N–H and O–H groups in total. The highest BCUT2D eigenvalue weighted by molar-refractivity contribution is 6.07. The summed E-state index contributed by atoms with van der Waals surface area (Å²) in [5.74, 6) is -0.570. The van der Waals surface area contributed by atoms with Gasteiger partial charge in [-0.1, -0.05) is 17.3 Å². The van der Waals surface area contributed by atoms with E-state index in [0.29, 0.717) is 0 Å². The Morgan fingerprint density at radius 3 is 2.71 bits per heavy atom. The summed E-state index contributed by atoms with van der Waals surface area (Å²) in [5, 5.41) is 10.6. The second kappa shape index (κ2) is 4.96. The van der Waals surface area contributed by atoms with Crippen molar-refractivity contribution in [2.24, 2.45) is 0 Å². The van der Waals surface area contributed by atoms with Crippen LogP contribution < -0.4 is 5.32 Å². The third-order valence-electron chi connectivity index (χ3n) is 3.33. The molecule has 0 spiro atoms. The molecule has 1 aromatic carbocycles. The molecular weight excluding hydrogens is 285 g/mol. The zero-order valence-corrected chi connectivity index (χ0v) is 10.8. The third kappa shape index (κ3) is 2.66. The minimum atomic E-state index is -4.48. The number of nitrogens with zero attached hydrogens (tertiary/aromatic N) is 3. The van der Waals surface area contributed by atoms with Gasteiger partial charge >= 0.3 is 6.18 Å². The van der Waals surface area contributed by atoms with E-state index in [9.17, 15) is 18.0 Å². The minimum Gasteiger partial charge on any atom is -0.312 e. The summed E-state index contributed by atoms with van der Waals surface area (Å²) in [6, 6.07) is 4.43. The highest BCUT2D eigenvalue weighted by Crippen LogP contribution is 2.29. The predicted molar refractivity (Wildman–Crippen MR) is 66.8 cm³/mol. The molecule has 0 atom stereocenters. The van der Waals surface area contributed by atoms with E-state index >= 15 is 0 Å². The quantitative estimate of drug-likeness (QED) is 0.875. The van der Waals surface area contributed by atoms with Crippen LogP contribution in [0.25, 0.3) is 0 Å². The van der Waals surface area contributed by atoms with Gasteiger partial charge in [-0.25, -0.2) is 4.68 Å². The third-order valence-corrected chi connectivity index (χ3v) is 3.33. The number of carbonyl (C=O) groups is 1. The summed E-state index contributed by atoms with van der Waals surface area (Å²) in [5.41, 5.74) is -0.867. The van der Waals surface area contributed by atoms with Gasteiger partial charge in [0.05, 0.1) is 17.8 Å². The summed E-state index contributed by atoms with van der Waals surface area (Å²) in [6.07, 6.45) is -3.01. The minimum absolute atomic E-state index is 0.0428. The van der Waals surface area contributed by atoms with Crippen molar-refractivity contribution >= 4 is 5.78 Å². The van der Waals surface area contributed by atoms with E-state index in [2.05, 4.69) is 15.6 Å². The van der Waals surface area contributed by atoms with Gasteiger partial charge in [-0.2, -0.15) is 13.2 Å². The van der Waals surface area contributed by atoms with Crippen molar-refractivity contribution in [3.63, 3.8) is 0 Å². The average molecular weight is 296 g/mol. The second-order valence-electron chi connectivity index (χ2n) is 4.80. The fraction of sp³-hybridized carbons (Fsp3) is 0.308. The normalized spacial score (nSPS) is 15.8. The number of rotatable bonds is 3. The van der Waals surface area contributed by atoms with Gasteiger partial charge in [0.1, 0.15) is 0 Å². The number of halogens is 3. The molecule has 0 unspecified atom stereocenters. The van der Waals surface area contributed by atoms with Gasteiger partial charge in [0.15, 0.2) is 5.69 Å². The monoisotopic (exact) mass is 296 g/mol. The van der Waals surface area contributed by atoms with Crippen LogP contribution in [0.1, 0.15) is 27.7 Å². The van der Waals surface area contributed by atoms with Gasteiger partial charge < -0.3 is 5.32 Å². The summed E-state index contributed by atoms with van der Waals surface area (Å²) in [7, 11) is 0. The number of alkyl halides is 3. The standard InChI is InChI=1S/C13H11F3N4O/c14-13(15,16)9-3-1-2-8(4-9)12(21)11-7-20(19-18-11)10-5-17-6-10/h1-4,7,10,17H,5-6H2. The molecule has 2 aromatic rings. The van der Waals surface area contributed by atoms with E-state index in [4.69, 9.17) is 0 Å². The Morgan fingerprint density at radius 1 is 1.33 bits per heavy atom. The first-order valence-corrected chi connectivity index (χ1v) is 6.29. The largest absolute Gasteiger partial charge is 0.416 e. The fourth-order valence-electron chi connectivity index (χ4n) is 2.00. The second-order valence-corrected chi connectivity index (χ2v) is 4.80. The Kier molecular flexibility index (Phi) is 3.25. The van der Waals surface area contributed by atoms with Crippen molar-refractivity contribution in [1.29, 1.82) is 0 Å². The zero-order chi connectivity index (χ0) is 15.0. The van der Waals surface area contributed by atoms with Crippen molar-refractivity contribution in [1.82, 2.24) is 20.3 Å². The number of ketones is 1. The molecule has 1 aliphatic rings. The summed E-state index contributed by atoms with van der Waals surface area (Å²) in [6.45, 7) is 1.47. The summed E-state index contributed by atoms with van der Waals surface area (Å²) < 4.78 is 39.5. The molecule has 1 aliphatic heterocycles. The van der Waals surface area contributed by atoms with Crippen LogP contribution in [0.5, 0.6) is 0 Å². The lowest BCUT2D eigenvalue weighted by Crippen LogP contribution is -2.43. The Morgan fingerprint density at radius 2 is 2.10 bits per heavy atom. The van der Waals surface area contributed by atoms with Crippen molar-refractivity contribution in [2.45, 2.75) is 12.2 Å². The molecule has 0 radical (unpaired) electrons. The number of carbonyl (C=O) groups excluding carboxylic acids is 1. The van der Waals surface area contributed by atoms with E-state index in [1.165, 1.54) is 18.3 Å². The SMILES string of the molecule is O=C(c1cccc(C(F)(F)F)c1)c1cn(C2CNC2)nn1. The molecule has 21 heavy (non-hydrogen) atoms. The number of aromatic nitrogens is 3. The van der Waals surface area contributed by atoms with Gasteiger partial charge in [0.2, 0.25) is 5.78 Å². The summed E-state index contributed by atoms with van der Waals surface area (Å²) >= 11 is 0. The van der Waals surface area contributed by atoms with Crippen LogP contribution in [0.3, 0.4) is 0 Å². The fourth-order valence-corrected chi connectivity index (χ4v) is 2.00. The van der Waals surface area contributed by atoms with E-state index < -0.39 is 17.5 Å². The maximum absolute atomic E-state index is 12.6. The Bertz CT molecular complexity index is 676. The molecule has 0 saturated carbocycles. The molecule has 0 aliphatic carbocycles. The number of hydrogen-bond donors (Lipinski definition) is 1. The molecule has 3 rings (SSSR count). The lowest BCUT2D eigenvalue weighted by Gasteiger charge is -2.26. The van der Waals surface area contributed by atoms with Crippen molar-refractivity contribution < 1.29 is 18.0 Å². The first-order chi connectivity index (χ1) is 9.95. The van der Waals surface area contributed by atoms with Crippen LogP contribution in [-0.2, 0) is 6.18 Å². The van der Waals surface area contributed by atoms with Gasteiger partial charge in [-0.15, -0.1) is 5.10 Å². The number of nitrogens with one attached hydrogen (secondary N) is 1. The summed E-state index contributed by atoms with van der Waals surface area (Å²) in [4.78, 5) is 12.2. The Hall–Kier alpha value is -2.22. The number of benzene rings is 1. The smallest absolute Gasteiger partial charge is 0.312 e. The van der Waals surface area contributed by atoms with Gasteiger partial charge in [-0.05, 0) is 12.1 Å². The molecule has 5 nitrogen and oxygen atoms in total. The molecular formula is C13H11F3N4O. The molecule has 110 valence electrons. The lowest BCUT2D eigenvalue weighted by molar-refractivity contribution is -0.137. The zero-order valence-electron chi connectivity index (χ0n) is 10.8. The van der Waals surface area contributed by atoms with E-state index in [-0.39, 0.29) is 17.3 Å². The molecule has 1 saturated heterocycles. The van der Waals surface area contributed by atoms with Crippen LogP contribution in [-0.4, -0.2) is 33.9 Å². The molecule has 8 heteroatoms. The van der Waals surface area contributed by atoms with Crippen LogP contribution in [0, 0.1) is 0 Å². The number of hydrogen-bond acceptors (Lipinski definition) is 4. The van der Waals surface area contributed by atoms with Gasteiger partial charge in [0, 0.05) is 18.7 Å². The first-order valence-electron chi connectivity index (χ1n) is 6.29. The van der Waals surface area contributed by atoms with Crippen molar-refractivity contribution in [2.75, 3.05) is 13.1 Å². The topological polar surface area (TPSA) is 59.8 Å². The average Bonchev–Trinajstić information content (AvgIpc) is 2.84. The molecule has 0 amide bonds. The molecule has 1 aromatic heterocycles. The molecule has 0 bridgehead atoms. The van der Waals surface area contributed by atoms with Crippen LogP contribution in [0.4, 0.5) is 13.2 Å². The van der Waals surface area contributed by atoms with Gasteiger partial charge in [0.25, 0.3) is 0 Å².